The Balaban J connectivity index is 1.34. The largest absolute Gasteiger partial charge is 0.488 e. The molecule has 3 aromatic rings. The summed E-state index contributed by atoms with van der Waals surface area (Å²) in [6, 6.07) is 23.3. The fourth-order valence-electron chi connectivity index (χ4n) is 3.60. The minimum absolute atomic E-state index is 0.215. The lowest BCUT2D eigenvalue weighted by molar-refractivity contribution is 0.0342. The predicted molar refractivity (Wildman–Crippen MR) is 126 cm³/mol. The van der Waals surface area contributed by atoms with Crippen LogP contribution in [-0.4, -0.2) is 37.1 Å². The highest BCUT2D eigenvalue weighted by Gasteiger charge is 2.14. The van der Waals surface area contributed by atoms with Crippen molar-refractivity contribution in [1.82, 2.24) is 10.2 Å². The summed E-state index contributed by atoms with van der Waals surface area (Å²) in [5.41, 5.74) is 3.76. The first kappa shape index (κ1) is 22.3. The molecule has 32 heavy (non-hydrogen) atoms. The minimum atomic E-state index is -0.215. The van der Waals surface area contributed by atoms with Gasteiger partial charge in [-0.3, -0.25) is 9.69 Å². The molecule has 1 heterocycles. The fourth-order valence-corrected chi connectivity index (χ4v) is 3.77. The Morgan fingerprint density at radius 1 is 0.938 bits per heavy atom. The van der Waals surface area contributed by atoms with E-state index >= 15 is 0 Å². The standard InChI is InChI=1S/C26H27ClN2O3/c27-23-10-11-25(32-19-22-4-2-1-3-5-22)24(16-23)26(30)28-17-20-6-8-21(9-7-20)18-29-12-14-31-15-13-29/h1-11,16H,12-15,17-19H2,(H,28,30). The van der Waals surface area contributed by atoms with Crippen molar-refractivity contribution < 1.29 is 14.3 Å². The van der Waals surface area contributed by atoms with E-state index in [0.717, 1.165) is 44.0 Å². The quantitative estimate of drug-likeness (QED) is 0.541. The average molecular weight is 451 g/mol. The van der Waals surface area contributed by atoms with Crippen LogP contribution in [0.1, 0.15) is 27.0 Å². The molecule has 0 atom stereocenters. The second kappa shape index (κ2) is 11.1. The number of nitrogens with one attached hydrogen (secondary N) is 1. The van der Waals surface area contributed by atoms with E-state index in [1.807, 2.05) is 30.3 Å². The maximum atomic E-state index is 12.9. The summed E-state index contributed by atoms with van der Waals surface area (Å²) in [5, 5.41) is 3.47. The number of benzene rings is 3. The highest BCUT2D eigenvalue weighted by atomic mass is 35.5. The van der Waals surface area contributed by atoms with Gasteiger partial charge in [0.1, 0.15) is 12.4 Å². The summed E-state index contributed by atoms with van der Waals surface area (Å²) < 4.78 is 11.3. The number of halogens is 1. The maximum absolute atomic E-state index is 12.9. The third kappa shape index (κ3) is 6.33. The molecule has 6 heteroatoms. The smallest absolute Gasteiger partial charge is 0.255 e. The van der Waals surface area contributed by atoms with Gasteiger partial charge in [-0.05, 0) is 34.9 Å². The van der Waals surface area contributed by atoms with E-state index in [1.165, 1.54) is 5.56 Å². The SMILES string of the molecule is O=C(NCc1ccc(CN2CCOCC2)cc1)c1cc(Cl)ccc1OCc1ccccc1. The van der Waals surface area contributed by atoms with Crippen LogP contribution < -0.4 is 10.1 Å². The van der Waals surface area contributed by atoms with Gasteiger partial charge < -0.3 is 14.8 Å². The molecule has 166 valence electrons. The van der Waals surface area contributed by atoms with E-state index in [4.69, 9.17) is 21.1 Å². The summed E-state index contributed by atoms with van der Waals surface area (Å²) in [5.74, 6) is 0.296. The Morgan fingerprint density at radius 2 is 1.66 bits per heavy atom. The third-order valence-electron chi connectivity index (χ3n) is 5.41. The van der Waals surface area contributed by atoms with E-state index < -0.39 is 0 Å². The molecule has 1 fully saturated rings. The summed E-state index contributed by atoms with van der Waals surface area (Å²) in [4.78, 5) is 15.2. The van der Waals surface area contributed by atoms with Gasteiger partial charge in [0.2, 0.25) is 0 Å². The number of hydrogen-bond donors (Lipinski definition) is 1. The molecule has 0 unspecified atom stereocenters. The number of amides is 1. The van der Waals surface area contributed by atoms with Gasteiger partial charge in [0.15, 0.2) is 0 Å². The number of morpholine rings is 1. The molecule has 0 aliphatic carbocycles. The van der Waals surface area contributed by atoms with Crippen molar-refractivity contribution in [2.24, 2.45) is 0 Å². The van der Waals surface area contributed by atoms with Crippen LogP contribution in [0, 0.1) is 0 Å². The molecule has 1 aliphatic heterocycles. The molecule has 1 saturated heterocycles. The molecular weight excluding hydrogens is 424 g/mol. The highest BCUT2D eigenvalue weighted by molar-refractivity contribution is 6.31. The molecule has 1 amide bonds. The van der Waals surface area contributed by atoms with Crippen molar-refractivity contribution in [2.75, 3.05) is 26.3 Å². The van der Waals surface area contributed by atoms with Gasteiger partial charge in [-0.15, -0.1) is 0 Å². The lowest BCUT2D eigenvalue weighted by atomic mass is 10.1. The summed E-state index contributed by atoms with van der Waals surface area (Å²) >= 11 is 6.15. The van der Waals surface area contributed by atoms with Crippen LogP contribution in [0.3, 0.4) is 0 Å². The van der Waals surface area contributed by atoms with Crippen molar-refractivity contribution >= 4 is 17.5 Å². The molecule has 3 aromatic carbocycles. The van der Waals surface area contributed by atoms with Gasteiger partial charge >= 0.3 is 0 Å². The summed E-state index contributed by atoms with van der Waals surface area (Å²) in [6.07, 6.45) is 0. The Morgan fingerprint density at radius 3 is 2.41 bits per heavy atom. The van der Waals surface area contributed by atoms with E-state index in [-0.39, 0.29) is 5.91 Å². The number of nitrogens with zero attached hydrogens (tertiary/aromatic N) is 1. The zero-order chi connectivity index (χ0) is 22.2. The summed E-state index contributed by atoms with van der Waals surface area (Å²) in [6.45, 7) is 5.25. The van der Waals surface area contributed by atoms with Gasteiger partial charge in [-0.1, -0.05) is 66.2 Å². The average Bonchev–Trinajstić information content (AvgIpc) is 2.84. The summed E-state index contributed by atoms with van der Waals surface area (Å²) in [7, 11) is 0. The normalized spacial score (nSPS) is 14.2. The van der Waals surface area contributed by atoms with Crippen molar-refractivity contribution in [3.8, 4) is 5.75 Å². The topological polar surface area (TPSA) is 50.8 Å². The number of rotatable bonds is 8. The second-order valence-corrected chi connectivity index (χ2v) is 8.24. The number of ether oxygens (including phenoxy) is 2. The van der Waals surface area contributed by atoms with Crippen LogP contribution in [0.5, 0.6) is 5.75 Å². The first-order valence-electron chi connectivity index (χ1n) is 10.8. The monoisotopic (exact) mass is 450 g/mol. The molecule has 0 radical (unpaired) electrons. The Labute approximate surface area is 193 Å². The molecule has 0 bridgehead atoms. The van der Waals surface area contributed by atoms with Gasteiger partial charge in [0.05, 0.1) is 18.8 Å². The van der Waals surface area contributed by atoms with Crippen LogP contribution in [-0.2, 0) is 24.4 Å². The highest BCUT2D eigenvalue weighted by Crippen LogP contribution is 2.24. The Kier molecular flexibility index (Phi) is 7.77. The molecule has 1 aliphatic rings. The predicted octanol–water partition coefficient (Wildman–Crippen LogP) is 4.68. The molecule has 0 aromatic heterocycles. The van der Waals surface area contributed by atoms with Crippen LogP contribution in [0.25, 0.3) is 0 Å². The molecule has 0 spiro atoms. The molecular formula is C26H27ClN2O3. The number of hydrogen-bond acceptors (Lipinski definition) is 4. The van der Waals surface area contributed by atoms with E-state index in [1.54, 1.807) is 18.2 Å². The first-order valence-corrected chi connectivity index (χ1v) is 11.2. The number of carbonyl (C=O) groups excluding carboxylic acids is 1. The van der Waals surface area contributed by atoms with Crippen molar-refractivity contribution in [3.05, 3.63) is 100 Å². The van der Waals surface area contributed by atoms with Crippen molar-refractivity contribution in [2.45, 2.75) is 19.7 Å². The van der Waals surface area contributed by atoms with Crippen molar-refractivity contribution in [1.29, 1.82) is 0 Å². The lowest BCUT2D eigenvalue weighted by Gasteiger charge is -2.26. The molecule has 5 nitrogen and oxygen atoms in total. The number of carbonyl (C=O) groups is 1. The van der Waals surface area contributed by atoms with Gasteiger partial charge in [-0.25, -0.2) is 0 Å². The molecule has 0 saturated carbocycles. The van der Waals surface area contributed by atoms with Crippen LogP contribution in [0.15, 0.2) is 72.8 Å². The first-order chi connectivity index (χ1) is 15.7. The fraction of sp³-hybridized carbons (Fsp3) is 0.269. The van der Waals surface area contributed by atoms with E-state index in [9.17, 15) is 4.79 Å². The zero-order valence-electron chi connectivity index (χ0n) is 17.9. The van der Waals surface area contributed by atoms with Gasteiger partial charge in [-0.2, -0.15) is 0 Å². The van der Waals surface area contributed by atoms with E-state index in [2.05, 4.69) is 34.5 Å². The zero-order valence-corrected chi connectivity index (χ0v) is 18.7. The van der Waals surface area contributed by atoms with Gasteiger partial charge in [0, 0.05) is 31.2 Å². The van der Waals surface area contributed by atoms with Crippen LogP contribution >= 0.6 is 11.6 Å². The lowest BCUT2D eigenvalue weighted by Crippen LogP contribution is -2.35. The second-order valence-electron chi connectivity index (χ2n) is 7.80. The molecule has 4 rings (SSSR count). The van der Waals surface area contributed by atoms with Crippen LogP contribution in [0.2, 0.25) is 5.02 Å². The van der Waals surface area contributed by atoms with Gasteiger partial charge in [0.25, 0.3) is 5.91 Å². The van der Waals surface area contributed by atoms with E-state index in [0.29, 0.717) is 29.5 Å². The van der Waals surface area contributed by atoms with Crippen LogP contribution in [0.4, 0.5) is 0 Å². The third-order valence-corrected chi connectivity index (χ3v) is 5.64. The maximum Gasteiger partial charge on any atom is 0.255 e. The molecule has 1 N–H and O–H groups in total. The Hall–Kier alpha value is -2.86. The minimum Gasteiger partial charge on any atom is -0.488 e. The van der Waals surface area contributed by atoms with Crippen molar-refractivity contribution in [3.63, 3.8) is 0 Å². The Bertz CT molecular complexity index is 1020.